The van der Waals surface area contributed by atoms with Crippen molar-refractivity contribution in [1.82, 2.24) is 24.9 Å². The lowest BCUT2D eigenvalue weighted by molar-refractivity contribution is 0.372. The SMILES string of the molecule is CCc1nc(-c2nc(C3(N)CCCC3)no2)nn1-c1ccccc1. The highest BCUT2D eigenvalue weighted by atomic mass is 16.5. The Morgan fingerprint density at radius 1 is 1.17 bits per heavy atom. The van der Waals surface area contributed by atoms with Crippen LogP contribution in [0.4, 0.5) is 0 Å². The molecule has 0 radical (unpaired) electrons. The first-order chi connectivity index (χ1) is 11.7. The Kier molecular flexibility index (Phi) is 3.65. The summed E-state index contributed by atoms with van der Waals surface area (Å²) in [4.78, 5) is 9.03. The summed E-state index contributed by atoms with van der Waals surface area (Å²) >= 11 is 0. The third-order valence-corrected chi connectivity index (χ3v) is 4.55. The quantitative estimate of drug-likeness (QED) is 0.792. The first-order valence-corrected chi connectivity index (χ1v) is 8.34. The van der Waals surface area contributed by atoms with E-state index in [4.69, 9.17) is 10.3 Å². The molecule has 1 fully saturated rings. The summed E-state index contributed by atoms with van der Waals surface area (Å²) in [7, 11) is 0. The van der Waals surface area contributed by atoms with Crippen LogP contribution in [0, 0.1) is 0 Å². The second-order valence-corrected chi connectivity index (χ2v) is 6.24. The maximum Gasteiger partial charge on any atom is 0.297 e. The Labute approximate surface area is 139 Å². The van der Waals surface area contributed by atoms with Crippen molar-refractivity contribution < 1.29 is 4.52 Å². The predicted octanol–water partition coefficient (Wildman–Crippen LogP) is 2.61. The van der Waals surface area contributed by atoms with E-state index in [1.807, 2.05) is 41.9 Å². The molecular weight excluding hydrogens is 304 g/mol. The third-order valence-electron chi connectivity index (χ3n) is 4.55. The molecule has 0 spiro atoms. The molecule has 2 aromatic heterocycles. The summed E-state index contributed by atoms with van der Waals surface area (Å²) in [5.41, 5.74) is 6.88. The molecule has 0 bridgehead atoms. The van der Waals surface area contributed by atoms with E-state index in [9.17, 15) is 0 Å². The van der Waals surface area contributed by atoms with Crippen LogP contribution in [-0.4, -0.2) is 24.9 Å². The van der Waals surface area contributed by atoms with Gasteiger partial charge in [-0.15, -0.1) is 5.10 Å². The minimum absolute atomic E-state index is 0.325. The van der Waals surface area contributed by atoms with Crippen molar-refractivity contribution in [3.63, 3.8) is 0 Å². The molecule has 2 heterocycles. The summed E-state index contributed by atoms with van der Waals surface area (Å²) in [6, 6.07) is 9.90. The lowest BCUT2D eigenvalue weighted by Gasteiger charge is -2.17. The number of aryl methyl sites for hydroxylation is 1. The number of hydrogen-bond acceptors (Lipinski definition) is 6. The molecule has 1 saturated carbocycles. The van der Waals surface area contributed by atoms with Crippen molar-refractivity contribution in [1.29, 1.82) is 0 Å². The van der Waals surface area contributed by atoms with Gasteiger partial charge in [0, 0.05) is 6.42 Å². The van der Waals surface area contributed by atoms with Gasteiger partial charge in [-0.1, -0.05) is 43.1 Å². The molecule has 0 amide bonds. The fraction of sp³-hybridized carbons (Fsp3) is 0.412. The van der Waals surface area contributed by atoms with Gasteiger partial charge in [0.2, 0.25) is 5.82 Å². The maximum absolute atomic E-state index is 6.39. The van der Waals surface area contributed by atoms with Crippen LogP contribution in [0.25, 0.3) is 17.4 Å². The lowest BCUT2D eigenvalue weighted by atomic mass is 9.99. The van der Waals surface area contributed by atoms with E-state index in [-0.39, 0.29) is 0 Å². The minimum Gasteiger partial charge on any atom is -0.330 e. The molecule has 1 aromatic carbocycles. The largest absolute Gasteiger partial charge is 0.330 e. The van der Waals surface area contributed by atoms with Gasteiger partial charge in [-0.3, -0.25) is 0 Å². The molecule has 3 aromatic rings. The van der Waals surface area contributed by atoms with Crippen LogP contribution in [0.15, 0.2) is 34.9 Å². The Balaban J connectivity index is 1.70. The molecule has 0 aliphatic heterocycles. The van der Waals surface area contributed by atoms with Crippen LogP contribution in [-0.2, 0) is 12.0 Å². The number of para-hydroxylation sites is 1. The average molecular weight is 324 g/mol. The molecule has 2 N–H and O–H groups in total. The average Bonchev–Trinajstić information content (AvgIpc) is 3.34. The van der Waals surface area contributed by atoms with Crippen molar-refractivity contribution in [2.24, 2.45) is 5.73 Å². The molecule has 0 unspecified atom stereocenters. The summed E-state index contributed by atoms with van der Waals surface area (Å²) < 4.78 is 7.21. The second-order valence-electron chi connectivity index (χ2n) is 6.24. The molecular formula is C17H20N6O. The van der Waals surface area contributed by atoms with Crippen LogP contribution in [0.3, 0.4) is 0 Å². The van der Waals surface area contributed by atoms with E-state index < -0.39 is 5.54 Å². The number of nitrogens with two attached hydrogens (primary N) is 1. The zero-order chi connectivity index (χ0) is 16.6. The van der Waals surface area contributed by atoms with Crippen LogP contribution in [0.5, 0.6) is 0 Å². The minimum atomic E-state index is -0.475. The Hall–Kier alpha value is -2.54. The number of aromatic nitrogens is 5. The van der Waals surface area contributed by atoms with Crippen LogP contribution in [0.1, 0.15) is 44.3 Å². The number of hydrogen-bond donors (Lipinski definition) is 1. The van der Waals surface area contributed by atoms with Crippen molar-refractivity contribution in [2.75, 3.05) is 0 Å². The summed E-state index contributed by atoms with van der Waals surface area (Å²) in [5, 5.41) is 8.64. The van der Waals surface area contributed by atoms with E-state index in [2.05, 4.69) is 20.2 Å². The van der Waals surface area contributed by atoms with Gasteiger partial charge < -0.3 is 10.3 Å². The van der Waals surface area contributed by atoms with Crippen LogP contribution >= 0.6 is 0 Å². The van der Waals surface area contributed by atoms with Gasteiger partial charge in [-0.25, -0.2) is 9.67 Å². The number of benzene rings is 1. The van der Waals surface area contributed by atoms with E-state index >= 15 is 0 Å². The van der Waals surface area contributed by atoms with Crippen molar-refractivity contribution in [2.45, 2.75) is 44.6 Å². The monoisotopic (exact) mass is 324 g/mol. The van der Waals surface area contributed by atoms with Gasteiger partial charge in [-0.2, -0.15) is 4.98 Å². The molecule has 24 heavy (non-hydrogen) atoms. The lowest BCUT2D eigenvalue weighted by Crippen LogP contribution is -2.34. The Bertz CT molecular complexity index is 832. The Morgan fingerprint density at radius 3 is 2.62 bits per heavy atom. The first-order valence-electron chi connectivity index (χ1n) is 8.34. The third kappa shape index (κ3) is 2.50. The highest BCUT2D eigenvalue weighted by Crippen LogP contribution is 2.35. The number of nitrogens with zero attached hydrogens (tertiary/aromatic N) is 5. The van der Waals surface area contributed by atoms with Crippen molar-refractivity contribution in [3.05, 3.63) is 42.0 Å². The maximum atomic E-state index is 6.39. The van der Waals surface area contributed by atoms with Gasteiger partial charge in [0.15, 0.2) is 5.82 Å². The number of rotatable bonds is 4. The summed E-state index contributed by atoms with van der Waals surface area (Å²) in [6.07, 6.45) is 4.72. The van der Waals surface area contributed by atoms with Gasteiger partial charge in [0.1, 0.15) is 5.82 Å². The molecule has 0 atom stereocenters. The second kappa shape index (κ2) is 5.83. The normalized spacial score (nSPS) is 16.6. The molecule has 1 aliphatic rings. The fourth-order valence-electron chi connectivity index (χ4n) is 3.19. The molecule has 7 heteroatoms. The highest BCUT2D eigenvalue weighted by Gasteiger charge is 2.36. The summed E-state index contributed by atoms with van der Waals surface area (Å²) in [6.45, 7) is 2.04. The zero-order valence-electron chi connectivity index (χ0n) is 13.6. The fourth-order valence-corrected chi connectivity index (χ4v) is 3.19. The van der Waals surface area contributed by atoms with Crippen LogP contribution < -0.4 is 5.73 Å². The van der Waals surface area contributed by atoms with Gasteiger partial charge in [0.05, 0.1) is 11.2 Å². The smallest absolute Gasteiger partial charge is 0.297 e. The summed E-state index contributed by atoms with van der Waals surface area (Å²) in [5.74, 6) is 2.17. The molecule has 4 rings (SSSR count). The predicted molar refractivity (Wildman–Crippen MR) is 88.4 cm³/mol. The Morgan fingerprint density at radius 2 is 1.92 bits per heavy atom. The molecule has 1 aliphatic carbocycles. The topological polar surface area (TPSA) is 95.7 Å². The van der Waals surface area contributed by atoms with Gasteiger partial charge >= 0.3 is 0 Å². The van der Waals surface area contributed by atoms with E-state index in [1.165, 1.54) is 0 Å². The standard InChI is InChI=1S/C17H20N6O/c1-2-13-19-14(21-23(13)12-8-4-3-5-9-12)15-20-16(22-24-15)17(18)10-6-7-11-17/h3-5,8-9H,2,6-7,10-11,18H2,1H3. The van der Waals surface area contributed by atoms with Crippen molar-refractivity contribution in [3.8, 4) is 17.4 Å². The highest BCUT2D eigenvalue weighted by molar-refractivity contribution is 5.42. The van der Waals surface area contributed by atoms with E-state index in [0.717, 1.165) is 43.6 Å². The van der Waals surface area contributed by atoms with E-state index in [1.54, 1.807) is 0 Å². The zero-order valence-corrected chi connectivity index (χ0v) is 13.6. The molecule has 0 saturated heterocycles. The van der Waals surface area contributed by atoms with Crippen LogP contribution in [0.2, 0.25) is 0 Å². The first kappa shape index (κ1) is 15.0. The van der Waals surface area contributed by atoms with E-state index in [0.29, 0.717) is 17.5 Å². The van der Waals surface area contributed by atoms with Gasteiger partial charge in [-0.05, 0) is 25.0 Å². The van der Waals surface area contributed by atoms with Gasteiger partial charge in [0.25, 0.3) is 5.89 Å². The van der Waals surface area contributed by atoms with Crippen molar-refractivity contribution >= 4 is 0 Å². The molecule has 124 valence electrons. The molecule has 7 nitrogen and oxygen atoms in total.